The van der Waals surface area contributed by atoms with Crippen LogP contribution in [0.5, 0.6) is 11.5 Å². The number of nitrogens with one attached hydrogen (secondary N) is 1. The van der Waals surface area contributed by atoms with Crippen molar-refractivity contribution in [2.75, 3.05) is 13.7 Å². The van der Waals surface area contributed by atoms with Crippen LogP contribution in [0.1, 0.15) is 45.1 Å². The maximum Gasteiger partial charge on any atom is 0.387 e. The highest BCUT2D eigenvalue weighted by atomic mass is 19.3. The van der Waals surface area contributed by atoms with Crippen molar-refractivity contribution in [3.8, 4) is 11.5 Å². The Hall–Kier alpha value is -2.64. The van der Waals surface area contributed by atoms with E-state index in [-0.39, 0.29) is 18.1 Å². The van der Waals surface area contributed by atoms with E-state index in [1.807, 2.05) is 0 Å². The molecule has 1 aromatic carbocycles. The fraction of sp³-hybridized carbons (Fsp3) is 0.524. The number of esters is 1. The van der Waals surface area contributed by atoms with Gasteiger partial charge in [0.05, 0.1) is 13.7 Å². The standard InChI is InChI=1S/C21H27F2NO5/c1-4-28-17-13-15(5-7-16(17)29-20(22)23)6-8-18(25)24-21(19(26)27-3)11-9-14(2)10-12-21/h5-8,13-14,20H,4,9-12H2,1-3H3,(H,24,25)/b8-6+. The number of carbonyl (C=O) groups excluding carboxylic acids is 2. The van der Waals surface area contributed by atoms with Gasteiger partial charge < -0.3 is 19.5 Å². The van der Waals surface area contributed by atoms with Crippen molar-refractivity contribution in [2.24, 2.45) is 5.92 Å². The Bertz CT molecular complexity index is 743. The van der Waals surface area contributed by atoms with Crippen molar-refractivity contribution in [1.29, 1.82) is 0 Å². The van der Waals surface area contributed by atoms with Gasteiger partial charge in [0.1, 0.15) is 5.54 Å². The van der Waals surface area contributed by atoms with E-state index in [1.165, 1.54) is 37.5 Å². The first-order chi connectivity index (χ1) is 13.8. The second-order valence-electron chi connectivity index (χ2n) is 7.10. The number of methoxy groups -OCH3 is 1. The molecule has 0 radical (unpaired) electrons. The average Bonchev–Trinajstić information content (AvgIpc) is 2.69. The van der Waals surface area contributed by atoms with Gasteiger partial charge in [-0.1, -0.05) is 13.0 Å². The zero-order chi connectivity index (χ0) is 21.4. The lowest BCUT2D eigenvalue weighted by Gasteiger charge is -2.37. The van der Waals surface area contributed by atoms with Crippen LogP contribution >= 0.6 is 0 Å². The second-order valence-corrected chi connectivity index (χ2v) is 7.10. The number of rotatable bonds is 8. The first kappa shape index (κ1) is 22.6. The van der Waals surface area contributed by atoms with Crippen LogP contribution in [0.4, 0.5) is 8.78 Å². The smallest absolute Gasteiger partial charge is 0.387 e. The van der Waals surface area contributed by atoms with E-state index in [9.17, 15) is 18.4 Å². The molecule has 0 bridgehead atoms. The predicted molar refractivity (Wildman–Crippen MR) is 104 cm³/mol. The van der Waals surface area contributed by atoms with E-state index < -0.39 is 24.0 Å². The molecule has 0 atom stereocenters. The molecular formula is C21H27F2NO5. The molecule has 6 nitrogen and oxygen atoms in total. The van der Waals surface area contributed by atoms with Crippen LogP contribution in [-0.4, -0.2) is 37.7 Å². The number of hydrogen-bond donors (Lipinski definition) is 1. The summed E-state index contributed by atoms with van der Waals surface area (Å²) in [6.45, 7) is 1.14. The fourth-order valence-corrected chi connectivity index (χ4v) is 3.37. The second kappa shape index (κ2) is 10.2. The third kappa shape index (κ3) is 6.17. The van der Waals surface area contributed by atoms with Gasteiger partial charge in [-0.3, -0.25) is 4.79 Å². The zero-order valence-electron chi connectivity index (χ0n) is 16.9. The molecule has 8 heteroatoms. The zero-order valence-corrected chi connectivity index (χ0v) is 16.9. The summed E-state index contributed by atoms with van der Waals surface area (Å²) in [5, 5.41) is 2.80. The molecule has 0 aromatic heterocycles. The molecule has 29 heavy (non-hydrogen) atoms. The molecular weight excluding hydrogens is 384 g/mol. The highest BCUT2D eigenvalue weighted by Gasteiger charge is 2.43. The normalized spacial score (nSPS) is 21.8. The van der Waals surface area contributed by atoms with Gasteiger partial charge in [-0.15, -0.1) is 0 Å². The summed E-state index contributed by atoms with van der Waals surface area (Å²) >= 11 is 0. The van der Waals surface area contributed by atoms with Crippen LogP contribution in [-0.2, 0) is 14.3 Å². The van der Waals surface area contributed by atoms with Crippen LogP contribution in [0, 0.1) is 5.92 Å². The minimum Gasteiger partial charge on any atom is -0.490 e. The highest BCUT2D eigenvalue weighted by molar-refractivity contribution is 5.96. The Balaban J connectivity index is 2.12. The summed E-state index contributed by atoms with van der Waals surface area (Å²) in [6, 6.07) is 4.39. The maximum atomic E-state index is 12.5. The van der Waals surface area contributed by atoms with Crippen molar-refractivity contribution < 1.29 is 32.6 Å². The molecule has 160 valence electrons. The summed E-state index contributed by atoms with van der Waals surface area (Å²) < 4.78 is 39.6. The minimum atomic E-state index is -2.96. The van der Waals surface area contributed by atoms with Crippen molar-refractivity contribution in [3.05, 3.63) is 29.8 Å². The molecule has 1 amide bonds. The van der Waals surface area contributed by atoms with Crippen molar-refractivity contribution in [1.82, 2.24) is 5.32 Å². The molecule has 2 rings (SSSR count). The summed E-state index contributed by atoms with van der Waals surface area (Å²) in [5.74, 6) is -0.313. The lowest BCUT2D eigenvalue weighted by molar-refractivity contribution is -0.152. The van der Waals surface area contributed by atoms with E-state index in [4.69, 9.17) is 9.47 Å². The third-order valence-electron chi connectivity index (χ3n) is 4.98. The Labute approximate surface area is 169 Å². The quantitative estimate of drug-likeness (QED) is 0.518. The van der Waals surface area contributed by atoms with Crippen LogP contribution in [0.2, 0.25) is 0 Å². The van der Waals surface area contributed by atoms with E-state index in [1.54, 1.807) is 6.92 Å². The lowest BCUT2D eigenvalue weighted by atomic mass is 9.77. The lowest BCUT2D eigenvalue weighted by Crippen LogP contribution is -2.56. The number of carbonyl (C=O) groups is 2. The van der Waals surface area contributed by atoms with Crippen molar-refractivity contribution in [2.45, 2.75) is 51.7 Å². The van der Waals surface area contributed by atoms with Gasteiger partial charge in [0, 0.05) is 6.08 Å². The molecule has 0 heterocycles. The Morgan fingerprint density at radius 1 is 1.28 bits per heavy atom. The van der Waals surface area contributed by atoms with Gasteiger partial charge in [-0.05, 0) is 62.3 Å². The molecule has 0 saturated heterocycles. The SMILES string of the molecule is CCOc1cc(/C=C/C(=O)NC2(C(=O)OC)CCC(C)CC2)ccc1OC(F)F. The molecule has 1 aromatic rings. The molecule has 1 saturated carbocycles. The average molecular weight is 411 g/mol. The van der Waals surface area contributed by atoms with Gasteiger partial charge in [-0.25, -0.2) is 4.79 Å². The number of ether oxygens (including phenoxy) is 3. The van der Waals surface area contributed by atoms with Gasteiger partial charge >= 0.3 is 12.6 Å². The van der Waals surface area contributed by atoms with E-state index in [0.717, 1.165) is 12.8 Å². The van der Waals surface area contributed by atoms with E-state index >= 15 is 0 Å². The van der Waals surface area contributed by atoms with Crippen LogP contribution < -0.4 is 14.8 Å². The molecule has 0 aliphatic heterocycles. The number of hydrogen-bond acceptors (Lipinski definition) is 5. The fourth-order valence-electron chi connectivity index (χ4n) is 3.37. The predicted octanol–water partition coefficient (Wildman–Crippen LogP) is 3.94. The van der Waals surface area contributed by atoms with Crippen LogP contribution in [0.25, 0.3) is 6.08 Å². The Morgan fingerprint density at radius 2 is 1.97 bits per heavy atom. The molecule has 0 spiro atoms. The molecule has 1 aliphatic carbocycles. The van der Waals surface area contributed by atoms with Gasteiger partial charge in [0.2, 0.25) is 5.91 Å². The summed E-state index contributed by atoms with van der Waals surface area (Å²) in [6.07, 6.45) is 5.50. The number of halogens is 2. The Kier molecular flexibility index (Phi) is 7.99. The Morgan fingerprint density at radius 3 is 2.55 bits per heavy atom. The van der Waals surface area contributed by atoms with Gasteiger partial charge in [-0.2, -0.15) is 8.78 Å². The summed E-state index contributed by atoms with van der Waals surface area (Å²) in [4.78, 5) is 24.7. The maximum absolute atomic E-state index is 12.5. The number of amides is 1. The molecule has 1 aliphatic rings. The number of benzene rings is 1. The summed E-state index contributed by atoms with van der Waals surface area (Å²) in [5.41, 5.74) is -0.455. The van der Waals surface area contributed by atoms with Gasteiger partial charge in [0.15, 0.2) is 11.5 Å². The topological polar surface area (TPSA) is 73.9 Å². The highest BCUT2D eigenvalue weighted by Crippen LogP contribution is 2.33. The van der Waals surface area contributed by atoms with Crippen LogP contribution in [0.15, 0.2) is 24.3 Å². The van der Waals surface area contributed by atoms with Crippen LogP contribution in [0.3, 0.4) is 0 Å². The largest absolute Gasteiger partial charge is 0.490 e. The minimum absolute atomic E-state index is 0.0792. The monoisotopic (exact) mass is 411 g/mol. The van der Waals surface area contributed by atoms with E-state index in [2.05, 4.69) is 17.0 Å². The summed E-state index contributed by atoms with van der Waals surface area (Å²) in [7, 11) is 1.31. The van der Waals surface area contributed by atoms with Gasteiger partial charge in [0.25, 0.3) is 0 Å². The first-order valence-corrected chi connectivity index (χ1v) is 9.60. The van der Waals surface area contributed by atoms with E-state index in [0.29, 0.717) is 24.3 Å². The van der Waals surface area contributed by atoms with Crippen molar-refractivity contribution >= 4 is 18.0 Å². The molecule has 1 N–H and O–H groups in total. The molecule has 1 fully saturated rings. The van der Waals surface area contributed by atoms with Crippen molar-refractivity contribution in [3.63, 3.8) is 0 Å². The third-order valence-corrected chi connectivity index (χ3v) is 4.98. The number of alkyl halides is 2. The molecule has 0 unspecified atom stereocenters. The first-order valence-electron chi connectivity index (χ1n) is 9.60.